The summed E-state index contributed by atoms with van der Waals surface area (Å²) in [5.41, 5.74) is 0.160. The van der Waals surface area contributed by atoms with Crippen LogP contribution in [0.25, 0.3) is 0 Å². The van der Waals surface area contributed by atoms with E-state index >= 15 is 0 Å². The van der Waals surface area contributed by atoms with Crippen molar-refractivity contribution in [2.24, 2.45) is 0 Å². The predicted molar refractivity (Wildman–Crippen MR) is 86.3 cm³/mol. The van der Waals surface area contributed by atoms with Gasteiger partial charge in [0.1, 0.15) is 11.5 Å². The third kappa shape index (κ3) is 3.78. The van der Waals surface area contributed by atoms with Gasteiger partial charge in [0, 0.05) is 22.4 Å². The number of nitro groups is 1. The molecule has 2 rings (SSSR count). The van der Waals surface area contributed by atoms with Crippen LogP contribution < -0.4 is 5.32 Å². The third-order valence-electron chi connectivity index (χ3n) is 2.76. The minimum atomic E-state index is -0.508. The summed E-state index contributed by atoms with van der Waals surface area (Å²) in [5.74, 6) is -0.00224. The molecule has 0 spiro atoms. The maximum atomic E-state index is 12.2. The van der Waals surface area contributed by atoms with Crippen molar-refractivity contribution in [3.8, 4) is 0 Å². The summed E-state index contributed by atoms with van der Waals surface area (Å²) >= 11 is 2.11. The Kier molecular flexibility index (Phi) is 4.89. The first kappa shape index (κ1) is 15.4. The Morgan fingerprint density at radius 3 is 2.86 bits per heavy atom. The molecule has 8 heteroatoms. The van der Waals surface area contributed by atoms with Crippen LogP contribution in [0.3, 0.4) is 0 Å². The standard InChI is InChI=1S/C13H13IN4O3/c1-2-5-17-8-10(18(20)21)6-11(17)13(19)16-12-4-3-9(14)7-15-12/h3-4,6-8H,2,5H2,1H3,(H,15,16,19). The van der Waals surface area contributed by atoms with Crippen molar-refractivity contribution in [3.63, 3.8) is 0 Å². The van der Waals surface area contributed by atoms with Crippen LogP contribution in [0.1, 0.15) is 23.8 Å². The molecule has 0 saturated carbocycles. The van der Waals surface area contributed by atoms with Gasteiger partial charge in [-0.1, -0.05) is 6.92 Å². The number of rotatable bonds is 5. The Labute approximate surface area is 134 Å². The van der Waals surface area contributed by atoms with Crippen molar-refractivity contribution in [2.75, 3.05) is 5.32 Å². The highest BCUT2D eigenvalue weighted by Gasteiger charge is 2.19. The molecule has 110 valence electrons. The van der Waals surface area contributed by atoms with Gasteiger partial charge in [0.15, 0.2) is 0 Å². The molecule has 2 aromatic heterocycles. The van der Waals surface area contributed by atoms with Gasteiger partial charge in [-0.3, -0.25) is 14.9 Å². The number of carbonyl (C=O) groups is 1. The average Bonchev–Trinajstić information content (AvgIpc) is 2.86. The Balaban J connectivity index is 2.25. The van der Waals surface area contributed by atoms with E-state index in [4.69, 9.17) is 0 Å². The Bertz CT molecular complexity index is 667. The lowest BCUT2D eigenvalue weighted by molar-refractivity contribution is -0.384. The maximum absolute atomic E-state index is 12.2. The van der Waals surface area contributed by atoms with Crippen LogP contribution in [0, 0.1) is 13.7 Å². The molecule has 0 aromatic carbocycles. The highest BCUT2D eigenvalue weighted by Crippen LogP contribution is 2.18. The Morgan fingerprint density at radius 2 is 2.29 bits per heavy atom. The largest absolute Gasteiger partial charge is 0.337 e. The minimum Gasteiger partial charge on any atom is -0.337 e. The van der Waals surface area contributed by atoms with E-state index in [1.54, 1.807) is 16.8 Å². The molecular weight excluding hydrogens is 387 g/mol. The number of aromatic nitrogens is 2. The SMILES string of the molecule is CCCn1cc([N+](=O)[O-])cc1C(=O)Nc1ccc(I)cn1. The number of amides is 1. The van der Waals surface area contributed by atoms with Crippen LogP contribution in [0.15, 0.2) is 30.6 Å². The van der Waals surface area contributed by atoms with Gasteiger partial charge in [-0.05, 0) is 41.1 Å². The van der Waals surface area contributed by atoms with E-state index in [1.165, 1.54) is 12.3 Å². The molecule has 0 saturated heterocycles. The Morgan fingerprint density at radius 1 is 1.52 bits per heavy atom. The second-order valence-corrected chi connectivity index (χ2v) is 5.60. The zero-order valence-electron chi connectivity index (χ0n) is 11.2. The number of aryl methyl sites for hydroxylation is 1. The van der Waals surface area contributed by atoms with Gasteiger partial charge in [0.2, 0.25) is 0 Å². The van der Waals surface area contributed by atoms with E-state index in [2.05, 4.69) is 32.9 Å². The Hall–Kier alpha value is -1.97. The molecule has 1 N–H and O–H groups in total. The molecule has 0 aliphatic rings. The van der Waals surface area contributed by atoms with Crippen molar-refractivity contribution in [1.29, 1.82) is 0 Å². The van der Waals surface area contributed by atoms with E-state index in [-0.39, 0.29) is 11.4 Å². The quantitative estimate of drug-likeness (QED) is 0.475. The molecule has 0 fully saturated rings. The van der Waals surface area contributed by atoms with E-state index < -0.39 is 10.8 Å². The fourth-order valence-corrected chi connectivity index (χ4v) is 2.16. The number of nitrogens with one attached hydrogen (secondary N) is 1. The van der Waals surface area contributed by atoms with Crippen molar-refractivity contribution in [2.45, 2.75) is 19.9 Å². The molecule has 2 aromatic rings. The second-order valence-electron chi connectivity index (χ2n) is 4.35. The lowest BCUT2D eigenvalue weighted by Gasteiger charge is -2.07. The molecular formula is C13H13IN4O3. The zero-order valence-corrected chi connectivity index (χ0v) is 13.4. The normalized spacial score (nSPS) is 10.4. The lowest BCUT2D eigenvalue weighted by Crippen LogP contribution is -2.17. The summed E-state index contributed by atoms with van der Waals surface area (Å²) in [6, 6.07) is 4.77. The smallest absolute Gasteiger partial charge is 0.287 e. The zero-order chi connectivity index (χ0) is 15.4. The van der Waals surface area contributed by atoms with Crippen LogP contribution in [-0.4, -0.2) is 20.4 Å². The second kappa shape index (κ2) is 6.66. The number of anilines is 1. The highest BCUT2D eigenvalue weighted by molar-refractivity contribution is 14.1. The van der Waals surface area contributed by atoms with Gasteiger partial charge in [-0.2, -0.15) is 0 Å². The predicted octanol–water partition coefficient (Wildman–Crippen LogP) is 3.06. The molecule has 0 unspecified atom stereocenters. The molecule has 0 aliphatic carbocycles. The number of carbonyl (C=O) groups excluding carboxylic acids is 1. The van der Waals surface area contributed by atoms with Crippen LogP contribution in [-0.2, 0) is 6.54 Å². The van der Waals surface area contributed by atoms with E-state index in [1.807, 2.05) is 13.0 Å². The van der Waals surface area contributed by atoms with E-state index in [9.17, 15) is 14.9 Å². The number of pyridine rings is 1. The first-order valence-electron chi connectivity index (χ1n) is 6.28. The van der Waals surface area contributed by atoms with E-state index in [0.29, 0.717) is 12.4 Å². The molecule has 2 heterocycles. The van der Waals surface area contributed by atoms with Gasteiger partial charge in [-0.25, -0.2) is 4.98 Å². The number of hydrogen-bond acceptors (Lipinski definition) is 4. The summed E-state index contributed by atoms with van der Waals surface area (Å²) in [6.45, 7) is 2.48. The van der Waals surface area contributed by atoms with Crippen LogP contribution in [0.4, 0.5) is 11.5 Å². The lowest BCUT2D eigenvalue weighted by atomic mass is 10.3. The highest BCUT2D eigenvalue weighted by atomic mass is 127. The average molecular weight is 400 g/mol. The fraction of sp³-hybridized carbons (Fsp3) is 0.231. The van der Waals surface area contributed by atoms with E-state index in [0.717, 1.165) is 9.99 Å². The molecule has 21 heavy (non-hydrogen) atoms. The number of hydrogen-bond donors (Lipinski definition) is 1. The molecule has 1 amide bonds. The summed E-state index contributed by atoms with van der Waals surface area (Å²) in [4.78, 5) is 26.6. The molecule has 0 bridgehead atoms. The van der Waals surface area contributed by atoms with Crippen molar-refractivity contribution >= 4 is 40.0 Å². The van der Waals surface area contributed by atoms with Crippen molar-refractivity contribution < 1.29 is 9.72 Å². The van der Waals surface area contributed by atoms with Gasteiger partial charge >= 0.3 is 0 Å². The van der Waals surface area contributed by atoms with Gasteiger partial charge in [0.05, 0.1) is 11.1 Å². The summed E-state index contributed by atoms with van der Waals surface area (Å²) < 4.78 is 2.54. The monoisotopic (exact) mass is 400 g/mol. The van der Waals surface area contributed by atoms with Gasteiger partial charge in [-0.15, -0.1) is 0 Å². The van der Waals surface area contributed by atoms with Gasteiger partial charge < -0.3 is 9.88 Å². The minimum absolute atomic E-state index is 0.0934. The van der Waals surface area contributed by atoms with Crippen LogP contribution >= 0.6 is 22.6 Å². The van der Waals surface area contributed by atoms with Crippen LogP contribution in [0.2, 0.25) is 0 Å². The molecule has 7 nitrogen and oxygen atoms in total. The topological polar surface area (TPSA) is 90.1 Å². The number of halogens is 1. The van der Waals surface area contributed by atoms with Crippen molar-refractivity contribution in [3.05, 3.63) is 50.0 Å². The molecule has 0 aliphatic heterocycles. The third-order valence-corrected chi connectivity index (χ3v) is 3.40. The van der Waals surface area contributed by atoms with Crippen LogP contribution in [0.5, 0.6) is 0 Å². The summed E-state index contributed by atoms with van der Waals surface area (Å²) in [7, 11) is 0. The maximum Gasteiger partial charge on any atom is 0.287 e. The first-order chi connectivity index (χ1) is 10.0. The first-order valence-corrected chi connectivity index (χ1v) is 7.36. The molecule has 0 atom stereocenters. The molecule has 0 radical (unpaired) electrons. The summed E-state index contributed by atoms with van der Waals surface area (Å²) in [6.07, 6.45) is 3.78. The van der Waals surface area contributed by atoms with Gasteiger partial charge in [0.25, 0.3) is 11.6 Å². The summed E-state index contributed by atoms with van der Waals surface area (Å²) in [5, 5.41) is 13.5. The fourth-order valence-electron chi connectivity index (χ4n) is 1.84. The van der Waals surface area contributed by atoms with Crippen molar-refractivity contribution in [1.82, 2.24) is 9.55 Å². The number of nitrogens with zero attached hydrogens (tertiary/aromatic N) is 3.